The molecule has 0 fully saturated rings. The van der Waals surface area contributed by atoms with Crippen molar-refractivity contribution in [3.8, 4) is 5.69 Å². The Morgan fingerprint density at radius 3 is 2.36 bits per heavy atom. The average molecular weight is 189 g/mol. The average Bonchev–Trinajstić information content (AvgIpc) is 2.50. The van der Waals surface area contributed by atoms with Crippen molar-refractivity contribution in [1.29, 1.82) is 0 Å². The van der Waals surface area contributed by atoms with E-state index in [4.69, 9.17) is 0 Å². The summed E-state index contributed by atoms with van der Waals surface area (Å²) in [5.41, 5.74) is 2.92. The second-order valence-corrected chi connectivity index (χ2v) is 3.38. The Morgan fingerprint density at radius 1 is 1.21 bits per heavy atom. The number of aromatic amines is 1. The van der Waals surface area contributed by atoms with E-state index in [0.717, 1.165) is 16.8 Å². The van der Waals surface area contributed by atoms with Crippen LogP contribution in [0.3, 0.4) is 0 Å². The Hall–Kier alpha value is -1.84. The van der Waals surface area contributed by atoms with Crippen molar-refractivity contribution < 1.29 is 0 Å². The van der Waals surface area contributed by atoms with E-state index in [1.807, 2.05) is 26.0 Å². The van der Waals surface area contributed by atoms with Crippen LogP contribution in [0.1, 0.15) is 11.1 Å². The van der Waals surface area contributed by atoms with Gasteiger partial charge in [0.2, 0.25) is 0 Å². The van der Waals surface area contributed by atoms with E-state index in [-0.39, 0.29) is 5.69 Å². The van der Waals surface area contributed by atoms with Crippen molar-refractivity contribution in [2.24, 2.45) is 0 Å². The van der Waals surface area contributed by atoms with Gasteiger partial charge in [0.15, 0.2) is 0 Å². The number of rotatable bonds is 1. The molecule has 0 aliphatic heterocycles. The number of H-pyrrole nitrogens is 1. The first-order chi connectivity index (χ1) is 6.65. The van der Waals surface area contributed by atoms with Gasteiger partial charge in [-0.1, -0.05) is 6.07 Å². The summed E-state index contributed by atoms with van der Waals surface area (Å²) in [5, 5.41) is 2.60. The van der Waals surface area contributed by atoms with Crippen molar-refractivity contribution in [1.82, 2.24) is 14.8 Å². The summed E-state index contributed by atoms with van der Waals surface area (Å²) in [6, 6.07) is 6.06. The summed E-state index contributed by atoms with van der Waals surface area (Å²) >= 11 is 0. The van der Waals surface area contributed by atoms with Crippen LogP contribution in [0, 0.1) is 13.8 Å². The lowest BCUT2D eigenvalue weighted by molar-refractivity contribution is 0.861. The summed E-state index contributed by atoms with van der Waals surface area (Å²) in [7, 11) is 0. The highest BCUT2D eigenvalue weighted by atomic mass is 16.1. The van der Waals surface area contributed by atoms with Crippen molar-refractivity contribution in [2.75, 3.05) is 0 Å². The molecule has 0 amide bonds. The largest absolute Gasteiger partial charge is 0.361 e. The molecule has 1 heterocycles. The third-order valence-corrected chi connectivity index (χ3v) is 1.99. The summed E-state index contributed by atoms with van der Waals surface area (Å²) in [4.78, 5) is 14.5. The number of hydrogen-bond acceptors (Lipinski definition) is 2. The molecule has 0 saturated heterocycles. The minimum atomic E-state index is -0.329. The Labute approximate surface area is 81.2 Å². The maximum absolute atomic E-state index is 10.8. The first-order valence-electron chi connectivity index (χ1n) is 4.37. The molecule has 0 spiro atoms. The maximum atomic E-state index is 10.8. The minimum Gasteiger partial charge on any atom is -0.244 e. The van der Waals surface area contributed by atoms with Crippen LogP contribution in [0.15, 0.2) is 29.3 Å². The van der Waals surface area contributed by atoms with Gasteiger partial charge in [0.1, 0.15) is 6.33 Å². The first kappa shape index (κ1) is 8.74. The molecule has 0 aliphatic rings. The lowest BCUT2D eigenvalue weighted by atomic mass is 10.1. The maximum Gasteiger partial charge on any atom is 0.361 e. The number of benzene rings is 1. The predicted molar refractivity (Wildman–Crippen MR) is 53.7 cm³/mol. The number of hydrogen-bond donors (Lipinski definition) is 1. The normalized spacial score (nSPS) is 10.4. The summed E-state index contributed by atoms with van der Waals surface area (Å²) in [6.07, 6.45) is 1.48. The van der Waals surface area contributed by atoms with E-state index in [1.54, 1.807) is 4.68 Å². The first-order valence-corrected chi connectivity index (χ1v) is 4.37. The van der Waals surface area contributed by atoms with E-state index in [9.17, 15) is 4.79 Å². The van der Waals surface area contributed by atoms with Gasteiger partial charge in [-0.05, 0) is 37.1 Å². The lowest BCUT2D eigenvalue weighted by Gasteiger charge is -2.04. The third kappa shape index (κ3) is 1.59. The van der Waals surface area contributed by atoms with Crippen molar-refractivity contribution in [3.05, 3.63) is 46.1 Å². The van der Waals surface area contributed by atoms with E-state index < -0.39 is 0 Å². The van der Waals surface area contributed by atoms with Crippen LogP contribution in [0.4, 0.5) is 0 Å². The number of aromatic nitrogens is 3. The van der Waals surface area contributed by atoms with Crippen LogP contribution < -0.4 is 5.69 Å². The van der Waals surface area contributed by atoms with E-state index in [0.29, 0.717) is 0 Å². The second kappa shape index (κ2) is 3.14. The minimum absolute atomic E-state index is 0.329. The van der Waals surface area contributed by atoms with Gasteiger partial charge in [0.25, 0.3) is 0 Å². The molecule has 0 radical (unpaired) electrons. The Kier molecular flexibility index (Phi) is 1.96. The van der Waals surface area contributed by atoms with Crippen LogP contribution >= 0.6 is 0 Å². The monoisotopic (exact) mass is 189 g/mol. The molecule has 2 rings (SSSR count). The van der Waals surface area contributed by atoms with Gasteiger partial charge in [-0.25, -0.2) is 14.6 Å². The zero-order chi connectivity index (χ0) is 10.1. The molecule has 0 bridgehead atoms. The number of nitrogens with one attached hydrogen (secondary N) is 1. The van der Waals surface area contributed by atoms with E-state index >= 15 is 0 Å². The smallest absolute Gasteiger partial charge is 0.244 e. The third-order valence-electron chi connectivity index (χ3n) is 1.99. The van der Waals surface area contributed by atoms with Gasteiger partial charge in [-0.15, -0.1) is 0 Å². The summed E-state index contributed by atoms with van der Waals surface area (Å²) in [5.74, 6) is 0. The predicted octanol–water partition coefficient (Wildman–Crippen LogP) is 1.18. The molecule has 0 unspecified atom stereocenters. The fraction of sp³-hybridized carbons (Fsp3) is 0.200. The molecule has 2 aromatic rings. The van der Waals surface area contributed by atoms with Crippen LogP contribution in [0.2, 0.25) is 0 Å². The van der Waals surface area contributed by atoms with Gasteiger partial charge in [-0.3, -0.25) is 0 Å². The van der Waals surface area contributed by atoms with Crippen LogP contribution in [0.5, 0.6) is 0 Å². The van der Waals surface area contributed by atoms with Gasteiger partial charge < -0.3 is 0 Å². The number of aryl methyl sites for hydroxylation is 2. The molecule has 1 aromatic carbocycles. The number of nitrogens with zero attached hydrogens (tertiary/aromatic N) is 2. The van der Waals surface area contributed by atoms with Gasteiger partial charge in [0.05, 0.1) is 5.69 Å². The van der Waals surface area contributed by atoms with E-state index in [1.165, 1.54) is 6.33 Å². The second-order valence-electron chi connectivity index (χ2n) is 3.38. The Morgan fingerprint density at radius 2 is 1.86 bits per heavy atom. The zero-order valence-corrected chi connectivity index (χ0v) is 8.11. The molecule has 0 saturated carbocycles. The van der Waals surface area contributed by atoms with Crippen molar-refractivity contribution in [2.45, 2.75) is 13.8 Å². The van der Waals surface area contributed by atoms with E-state index in [2.05, 4.69) is 16.1 Å². The Balaban J connectivity index is 2.56. The Bertz CT molecular complexity index is 490. The highest BCUT2D eigenvalue weighted by Gasteiger charge is 1.99. The SMILES string of the molecule is Cc1cc(C)cc(-n2cnc(=O)[nH]2)c1. The molecule has 0 atom stereocenters. The van der Waals surface area contributed by atoms with Crippen LogP contribution in [-0.4, -0.2) is 14.8 Å². The van der Waals surface area contributed by atoms with Crippen LogP contribution in [-0.2, 0) is 0 Å². The van der Waals surface area contributed by atoms with Crippen LogP contribution in [0.25, 0.3) is 5.69 Å². The molecule has 14 heavy (non-hydrogen) atoms. The molecule has 0 aliphatic carbocycles. The van der Waals surface area contributed by atoms with Gasteiger partial charge in [-0.2, -0.15) is 4.98 Å². The quantitative estimate of drug-likeness (QED) is 0.732. The fourth-order valence-corrected chi connectivity index (χ4v) is 1.49. The van der Waals surface area contributed by atoms with Crippen molar-refractivity contribution in [3.63, 3.8) is 0 Å². The highest BCUT2D eigenvalue weighted by molar-refractivity contribution is 5.38. The molecule has 4 nitrogen and oxygen atoms in total. The highest BCUT2D eigenvalue weighted by Crippen LogP contribution is 2.11. The van der Waals surface area contributed by atoms with Gasteiger partial charge in [0, 0.05) is 0 Å². The molecular weight excluding hydrogens is 178 g/mol. The molecule has 72 valence electrons. The molecule has 1 aromatic heterocycles. The lowest BCUT2D eigenvalue weighted by Crippen LogP contribution is -2.05. The fourth-order valence-electron chi connectivity index (χ4n) is 1.49. The van der Waals surface area contributed by atoms with Gasteiger partial charge >= 0.3 is 5.69 Å². The standard InChI is InChI=1S/C10H11N3O/c1-7-3-8(2)5-9(4-7)13-6-11-10(14)12-13/h3-6H,1-2H3,(H,12,14). The molecule has 4 heteroatoms. The molecular formula is C10H11N3O. The summed E-state index contributed by atoms with van der Waals surface area (Å²) < 4.78 is 1.61. The molecule has 1 N–H and O–H groups in total. The van der Waals surface area contributed by atoms with Crippen molar-refractivity contribution >= 4 is 0 Å². The summed E-state index contributed by atoms with van der Waals surface area (Å²) in [6.45, 7) is 4.04. The zero-order valence-electron chi connectivity index (χ0n) is 8.11. The topological polar surface area (TPSA) is 50.7 Å².